The van der Waals surface area contributed by atoms with Crippen LogP contribution in [0.4, 0.5) is 0 Å². The monoisotopic (exact) mass is 422 g/mol. The molecular formula is C25H30N2O4. The Morgan fingerprint density at radius 2 is 1.94 bits per heavy atom. The largest absolute Gasteiger partial charge is 0.486 e. The van der Waals surface area contributed by atoms with Crippen molar-refractivity contribution in [2.75, 3.05) is 32.8 Å². The molecule has 0 radical (unpaired) electrons. The van der Waals surface area contributed by atoms with E-state index in [1.165, 1.54) is 18.4 Å². The van der Waals surface area contributed by atoms with Crippen LogP contribution >= 0.6 is 0 Å². The zero-order chi connectivity index (χ0) is 21.2. The van der Waals surface area contributed by atoms with E-state index in [1.54, 1.807) is 6.07 Å². The molecule has 2 atom stereocenters. The Morgan fingerprint density at radius 3 is 2.68 bits per heavy atom. The summed E-state index contributed by atoms with van der Waals surface area (Å²) in [7, 11) is 0. The molecule has 4 heterocycles. The van der Waals surface area contributed by atoms with Crippen molar-refractivity contribution in [1.29, 1.82) is 0 Å². The number of ether oxygens (including phenoxy) is 3. The highest BCUT2D eigenvalue weighted by atomic mass is 16.6. The van der Waals surface area contributed by atoms with Crippen LogP contribution in [0.3, 0.4) is 0 Å². The zero-order valence-electron chi connectivity index (χ0n) is 18.0. The Bertz CT molecular complexity index is 922. The minimum absolute atomic E-state index is 0.0336. The van der Waals surface area contributed by atoms with Crippen molar-refractivity contribution in [3.05, 3.63) is 59.2 Å². The fraction of sp³-hybridized carbons (Fsp3) is 0.480. The zero-order valence-corrected chi connectivity index (χ0v) is 18.0. The Balaban J connectivity index is 1.14. The third-order valence-electron chi connectivity index (χ3n) is 6.59. The van der Waals surface area contributed by atoms with E-state index in [0.29, 0.717) is 42.8 Å². The molecule has 6 rings (SSSR count). The topological polar surface area (TPSA) is 60.0 Å². The molecule has 2 aromatic rings. The summed E-state index contributed by atoms with van der Waals surface area (Å²) in [4.78, 5) is 15.2. The summed E-state index contributed by atoms with van der Waals surface area (Å²) in [5.41, 5.74) is 3.00. The summed E-state index contributed by atoms with van der Waals surface area (Å²) in [6.07, 6.45) is 2.20. The molecule has 31 heavy (non-hydrogen) atoms. The molecule has 3 fully saturated rings. The smallest absolute Gasteiger partial charge is 0.251 e. The molecule has 2 bridgehead atoms. The minimum atomic E-state index is -0.163. The fourth-order valence-electron chi connectivity index (χ4n) is 4.71. The van der Waals surface area contributed by atoms with Crippen LogP contribution in [0.15, 0.2) is 42.5 Å². The molecule has 4 aliphatic rings. The standard InChI is InChI=1S/C25H30N2O4/c1-17-2-4-18(5-3-17)14-29-15-21-16-30-24-12-20(6-7-23(24)31-21)25(28)26-22-13-27-10-8-19(22)9-11-27/h2-7,12,19,21-22H,8-11,13-16H2,1H3,(H,26,28)/t21-,22-/m0/s1. The number of amides is 1. The van der Waals surface area contributed by atoms with Gasteiger partial charge in [-0.1, -0.05) is 29.8 Å². The Labute approximate surface area is 183 Å². The number of benzene rings is 2. The van der Waals surface area contributed by atoms with Gasteiger partial charge >= 0.3 is 0 Å². The molecule has 6 heteroatoms. The Morgan fingerprint density at radius 1 is 1.13 bits per heavy atom. The molecule has 4 aliphatic heterocycles. The molecule has 1 amide bonds. The number of rotatable bonds is 6. The maximum Gasteiger partial charge on any atom is 0.251 e. The predicted molar refractivity (Wildman–Crippen MR) is 118 cm³/mol. The van der Waals surface area contributed by atoms with Crippen LogP contribution in [0.2, 0.25) is 0 Å². The van der Waals surface area contributed by atoms with Crippen molar-refractivity contribution in [2.24, 2.45) is 5.92 Å². The van der Waals surface area contributed by atoms with E-state index < -0.39 is 0 Å². The number of aryl methyl sites for hydroxylation is 1. The second-order valence-corrected chi connectivity index (χ2v) is 8.93. The van der Waals surface area contributed by atoms with Gasteiger partial charge in [0.1, 0.15) is 6.61 Å². The molecule has 0 saturated carbocycles. The van der Waals surface area contributed by atoms with Crippen molar-refractivity contribution in [3.63, 3.8) is 0 Å². The van der Waals surface area contributed by atoms with Crippen molar-refractivity contribution in [1.82, 2.24) is 10.2 Å². The van der Waals surface area contributed by atoms with Crippen molar-refractivity contribution in [3.8, 4) is 11.5 Å². The number of nitrogens with one attached hydrogen (secondary N) is 1. The van der Waals surface area contributed by atoms with Crippen LogP contribution in [0.5, 0.6) is 11.5 Å². The number of carbonyl (C=O) groups is 1. The van der Waals surface area contributed by atoms with Gasteiger partial charge in [-0.25, -0.2) is 0 Å². The van der Waals surface area contributed by atoms with E-state index >= 15 is 0 Å². The van der Waals surface area contributed by atoms with Crippen LogP contribution in [0, 0.1) is 12.8 Å². The first-order valence-corrected chi connectivity index (χ1v) is 11.2. The number of hydrogen-bond donors (Lipinski definition) is 1. The molecule has 3 saturated heterocycles. The molecule has 164 valence electrons. The quantitative estimate of drug-likeness (QED) is 0.775. The van der Waals surface area contributed by atoms with Crippen molar-refractivity contribution in [2.45, 2.75) is 38.5 Å². The Hall–Kier alpha value is -2.57. The molecule has 2 aromatic carbocycles. The maximum atomic E-state index is 12.8. The van der Waals surface area contributed by atoms with Crippen LogP contribution in [0.1, 0.15) is 34.3 Å². The van der Waals surface area contributed by atoms with Crippen molar-refractivity contribution < 1.29 is 19.0 Å². The molecule has 0 unspecified atom stereocenters. The number of piperidine rings is 3. The van der Waals surface area contributed by atoms with Gasteiger partial charge in [0.25, 0.3) is 5.91 Å². The summed E-state index contributed by atoms with van der Waals surface area (Å²) < 4.78 is 17.7. The average Bonchev–Trinajstić information content (AvgIpc) is 2.81. The van der Waals surface area contributed by atoms with Gasteiger partial charge in [0.2, 0.25) is 0 Å². The Kier molecular flexibility index (Phi) is 5.83. The number of hydrogen-bond acceptors (Lipinski definition) is 5. The first-order chi connectivity index (χ1) is 15.1. The number of carbonyl (C=O) groups excluding carboxylic acids is 1. The van der Waals surface area contributed by atoms with E-state index in [9.17, 15) is 4.79 Å². The SMILES string of the molecule is Cc1ccc(COC[C@H]2COc3cc(C(=O)N[C@H]4CN5CCC4CC5)ccc3O2)cc1. The van der Waals surface area contributed by atoms with Gasteiger partial charge in [0, 0.05) is 18.2 Å². The van der Waals surface area contributed by atoms with E-state index in [2.05, 4.69) is 41.4 Å². The molecule has 0 spiro atoms. The highest BCUT2D eigenvalue weighted by Gasteiger charge is 2.35. The second-order valence-electron chi connectivity index (χ2n) is 8.93. The highest BCUT2D eigenvalue weighted by Crippen LogP contribution is 2.33. The number of fused-ring (bicyclic) bond motifs is 4. The van der Waals surface area contributed by atoms with Crippen molar-refractivity contribution >= 4 is 5.91 Å². The first-order valence-electron chi connectivity index (χ1n) is 11.2. The molecular weight excluding hydrogens is 392 g/mol. The third kappa shape index (κ3) is 4.70. The minimum Gasteiger partial charge on any atom is -0.486 e. The lowest BCUT2D eigenvalue weighted by molar-refractivity contribution is 0.00267. The van der Waals surface area contributed by atoms with Gasteiger partial charge in [0.15, 0.2) is 17.6 Å². The molecule has 1 N–H and O–H groups in total. The van der Waals surface area contributed by atoms with Gasteiger partial charge < -0.3 is 24.4 Å². The van der Waals surface area contributed by atoms with E-state index in [4.69, 9.17) is 14.2 Å². The van der Waals surface area contributed by atoms with Gasteiger partial charge in [-0.15, -0.1) is 0 Å². The summed E-state index contributed by atoms with van der Waals surface area (Å²) in [5.74, 6) is 1.85. The van der Waals surface area contributed by atoms with E-state index in [1.807, 2.05) is 12.1 Å². The normalized spacial score (nSPS) is 26.5. The van der Waals surface area contributed by atoms with Crippen LogP contribution in [0.25, 0.3) is 0 Å². The lowest BCUT2D eigenvalue weighted by Gasteiger charge is -2.44. The summed E-state index contributed by atoms with van der Waals surface area (Å²) in [6.45, 7) is 6.77. The number of nitrogens with zero attached hydrogens (tertiary/aromatic N) is 1. The van der Waals surface area contributed by atoms with E-state index in [-0.39, 0.29) is 18.1 Å². The van der Waals surface area contributed by atoms with Gasteiger partial charge in [-0.05, 0) is 62.5 Å². The average molecular weight is 423 g/mol. The van der Waals surface area contributed by atoms with Gasteiger partial charge in [-0.2, -0.15) is 0 Å². The van der Waals surface area contributed by atoms with Crippen LogP contribution in [-0.2, 0) is 11.3 Å². The van der Waals surface area contributed by atoms with Gasteiger partial charge in [-0.3, -0.25) is 4.79 Å². The molecule has 0 aliphatic carbocycles. The summed E-state index contributed by atoms with van der Waals surface area (Å²) in [5, 5.41) is 3.23. The lowest BCUT2D eigenvalue weighted by Crippen LogP contribution is -2.57. The lowest BCUT2D eigenvalue weighted by atomic mass is 9.84. The van der Waals surface area contributed by atoms with Gasteiger partial charge in [0.05, 0.1) is 13.2 Å². The molecule has 6 nitrogen and oxygen atoms in total. The third-order valence-corrected chi connectivity index (χ3v) is 6.59. The van der Waals surface area contributed by atoms with Crippen LogP contribution < -0.4 is 14.8 Å². The van der Waals surface area contributed by atoms with Crippen LogP contribution in [-0.4, -0.2) is 55.8 Å². The molecule has 0 aromatic heterocycles. The highest BCUT2D eigenvalue weighted by molar-refractivity contribution is 5.95. The van der Waals surface area contributed by atoms with E-state index in [0.717, 1.165) is 25.2 Å². The fourth-order valence-corrected chi connectivity index (χ4v) is 4.71. The second kappa shape index (κ2) is 8.89. The summed E-state index contributed by atoms with van der Waals surface area (Å²) in [6, 6.07) is 14.0. The maximum absolute atomic E-state index is 12.8. The predicted octanol–water partition coefficient (Wildman–Crippen LogP) is 3.18. The summed E-state index contributed by atoms with van der Waals surface area (Å²) >= 11 is 0. The first kappa shape index (κ1) is 20.3.